The maximum atomic E-state index is 13.3. The summed E-state index contributed by atoms with van der Waals surface area (Å²) < 4.78 is 39.4. The molecule has 0 unspecified atom stereocenters. The molecule has 1 atom stereocenters. The molecule has 8 heteroatoms. The van der Waals surface area contributed by atoms with Crippen LogP contribution in [0.15, 0.2) is 53.4 Å². The standard InChI is InChI=1S/C22H26N2O5S/c1-24(16-9-3-2-4-10-16)30(26,27)21-14-8-5-11-17(21)23-22(25)20-15-28-18-12-6-7-13-19(18)29-20/h5-8,11-14,16,20H,2-4,9-10,15H2,1H3,(H,23,25)/t20-/m0/s1. The summed E-state index contributed by atoms with van der Waals surface area (Å²) >= 11 is 0. The smallest absolute Gasteiger partial charge is 0.269 e. The lowest BCUT2D eigenvalue weighted by molar-refractivity contribution is -0.125. The van der Waals surface area contributed by atoms with Crippen LogP contribution in [0.3, 0.4) is 0 Å². The molecular formula is C22H26N2O5S. The molecule has 1 N–H and O–H groups in total. The minimum atomic E-state index is -3.75. The van der Waals surface area contributed by atoms with Gasteiger partial charge in [-0.2, -0.15) is 4.31 Å². The van der Waals surface area contributed by atoms with E-state index in [-0.39, 0.29) is 23.2 Å². The first-order valence-corrected chi connectivity index (χ1v) is 11.7. The van der Waals surface area contributed by atoms with E-state index in [0.29, 0.717) is 11.5 Å². The number of sulfonamides is 1. The number of benzene rings is 2. The quantitative estimate of drug-likeness (QED) is 0.786. The van der Waals surface area contributed by atoms with E-state index < -0.39 is 22.0 Å². The molecule has 1 amide bonds. The van der Waals surface area contributed by atoms with Crippen molar-refractivity contribution >= 4 is 21.6 Å². The number of fused-ring (bicyclic) bond motifs is 1. The molecule has 2 aliphatic rings. The predicted octanol–water partition coefficient (Wildman–Crippen LogP) is 3.42. The van der Waals surface area contributed by atoms with Crippen LogP contribution in [-0.4, -0.2) is 44.4 Å². The Bertz CT molecular complexity index is 1020. The maximum absolute atomic E-state index is 13.3. The molecule has 4 rings (SSSR count). The zero-order valence-electron chi connectivity index (χ0n) is 16.9. The highest BCUT2D eigenvalue weighted by Crippen LogP contribution is 2.32. The molecule has 0 aromatic heterocycles. The third-order valence-corrected chi connectivity index (χ3v) is 7.66. The molecule has 30 heavy (non-hydrogen) atoms. The third-order valence-electron chi connectivity index (χ3n) is 5.69. The van der Waals surface area contributed by atoms with Crippen LogP contribution in [0.5, 0.6) is 11.5 Å². The van der Waals surface area contributed by atoms with Gasteiger partial charge in [0.1, 0.15) is 11.5 Å². The Hall–Kier alpha value is -2.58. The fourth-order valence-electron chi connectivity index (χ4n) is 3.95. The van der Waals surface area contributed by atoms with Crippen LogP contribution < -0.4 is 14.8 Å². The van der Waals surface area contributed by atoms with Crippen molar-refractivity contribution in [3.63, 3.8) is 0 Å². The Labute approximate surface area is 177 Å². The number of hydrogen-bond donors (Lipinski definition) is 1. The zero-order valence-corrected chi connectivity index (χ0v) is 17.7. The molecule has 2 aromatic rings. The number of para-hydroxylation sites is 3. The van der Waals surface area contributed by atoms with Gasteiger partial charge in [0.25, 0.3) is 5.91 Å². The van der Waals surface area contributed by atoms with Crippen molar-refractivity contribution in [1.29, 1.82) is 0 Å². The lowest BCUT2D eigenvalue weighted by Crippen LogP contribution is -2.41. The molecule has 1 aliphatic carbocycles. The van der Waals surface area contributed by atoms with Crippen molar-refractivity contribution in [2.24, 2.45) is 0 Å². The molecule has 1 saturated carbocycles. The van der Waals surface area contributed by atoms with Gasteiger partial charge in [0, 0.05) is 13.1 Å². The van der Waals surface area contributed by atoms with Gasteiger partial charge in [-0.15, -0.1) is 0 Å². The van der Waals surface area contributed by atoms with Crippen LogP contribution in [0.4, 0.5) is 5.69 Å². The van der Waals surface area contributed by atoms with Crippen LogP contribution in [0.25, 0.3) is 0 Å². The van der Waals surface area contributed by atoms with Crippen molar-refractivity contribution in [3.05, 3.63) is 48.5 Å². The van der Waals surface area contributed by atoms with E-state index in [4.69, 9.17) is 9.47 Å². The molecule has 0 radical (unpaired) electrons. The Morgan fingerprint density at radius 2 is 1.67 bits per heavy atom. The van der Waals surface area contributed by atoms with Crippen LogP contribution >= 0.6 is 0 Å². The van der Waals surface area contributed by atoms with Gasteiger partial charge in [-0.3, -0.25) is 4.79 Å². The SMILES string of the molecule is CN(C1CCCCC1)S(=O)(=O)c1ccccc1NC(=O)[C@@H]1COc2ccccc2O1. The minimum absolute atomic E-state index is 0.0147. The second kappa shape index (κ2) is 8.65. The Kier molecular flexibility index (Phi) is 5.97. The van der Waals surface area contributed by atoms with Gasteiger partial charge in [-0.25, -0.2) is 8.42 Å². The molecule has 1 heterocycles. The summed E-state index contributed by atoms with van der Waals surface area (Å²) in [5.41, 5.74) is 0.243. The number of carbonyl (C=O) groups is 1. The maximum Gasteiger partial charge on any atom is 0.269 e. The first-order valence-electron chi connectivity index (χ1n) is 10.2. The summed E-state index contributed by atoms with van der Waals surface area (Å²) in [5, 5.41) is 2.73. The summed E-state index contributed by atoms with van der Waals surface area (Å²) in [6.45, 7) is 0.0553. The van der Waals surface area contributed by atoms with E-state index in [1.807, 2.05) is 6.07 Å². The van der Waals surface area contributed by atoms with Gasteiger partial charge in [0.05, 0.1) is 5.69 Å². The molecule has 0 spiro atoms. The number of nitrogens with zero attached hydrogens (tertiary/aromatic N) is 1. The van der Waals surface area contributed by atoms with E-state index in [2.05, 4.69) is 5.32 Å². The number of hydrogen-bond acceptors (Lipinski definition) is 5. The van der Waals surface area contributed by atoms with Crippen LogP contribution in [0.2, 0.25) is 0 Å². The normalized spacial score (nSPS) is 19.5. The lowest BCUT2D eigenvalue weighted by atomic mass is 9.96. The van der Waals surface area contributed by atoms with Gasteiger partial charge in [-0.05, 0) is 37.1 Å². The van der Waals surface area contributed by atoms with E-state index in [1.54, 1.807) is 43.4 Å². The number of nitrogens with one attached hydrogen (secondary N) is 1. The van der Waals surface area contributed by atoms with Crippen LogP contribution in [-0.2, 0) is 14.8 Å². The van der Waals surface area contributed by atoms with E-state index in [9.17, 15) is 13.2 Å². The van der Waals surface area contributed by atoms with E-state index in [1.165, 1.54) is 10.4 Å². The van der Waals surface area contributed by atoms with E-state index >= 15 is 0 Å². The fourth-order valence-corrected chi connectivity index (χ4v) is 5.51. The lowest BCUT2D eigenvalue weighted by Gasteiger charge is -2.31. The second-order valence-electron chi connectivity index (χ2n) is 7.66. The number of rotatable bonds is 5. The highest BCUT2D eigenvalue weighted by Gasteiger charge is 2.32. The number of anilines is 1. The number of amides is 1. The Morgan fingerprint density at radius 1 is 1.00 bits per heavy atom. The first-order chi connectivity index (χ1) is 14.5. The molecule has 1 aliphatic heterocycles. The average molecular weight is 431 g/mol. The van der Waals surface area contributed by atoms with Crippen molar-refractivity contribution in [2.45, 2.75) is 49.1 Å². The summed E-state index contributed by atoms with van der Waals surface area (Å²) in [6.07, 6.45) is 4.05. The van der Waals surface area contributed by atoms with Crippen molar-refractivity contribution < 1.29 is 22.7 Å². The molecular weight excluding hydrogens is 404 g/mol. The van der Waals surface area contributed by atoms with Gasteiger partial charge in [-0.1, -0.05) is 43.5 Å². The topological polar surface area (TPSA) is 84.9 Å². The molecule has 160 valence electrons. The molecule has 2 aromatic carbocycles. The van der Waals surface area contributed by atoms with Crippen molar-refractivity contribution in [3.8, 4) is 11.5 Å². The predicted molar refractivity (Wildman–Crippen MR) is 113 cm³/mol. The summed E-state index contributed by atoms with van der Waals surface area (Å²) in [4.78, 5) is 12.9. The molecule has 0 saturated heterocycles. The summed E-state index contributed by atoms with van der Waals surface area (Å²) in [5.74, 6) is 0.618. The number of carbonyl (C=O) groups excluding carboxylic acids is 1. The van der Waals surface area contributed by atoms with Gasteiger partial charge in [0.15, 0.2) is 11.5 Å². The number of ether oxygens (including phenoxy) is 2. The molecule has 7 nitrogen and oxygen atoms in total. The van der Waals surface area contributed by atoms with Gasteiger partial charge >= 0.3 is 0 Å². The van der Waals surface area contributed by atoms with Crippen LogP contribution in [0, 0.1) is 0 Å². The van der Waals surface area contributed by atoms with Gasteiger partial charge < -0.3 is 14.8 Å². The monoisotopic (exact) mass is 430 g/mol. The molecule has 0 bridgehead atoms. The van der Waals surface area contributed by atoms with Crippen LogP contribution in [0.1, 0.15) is 32.1 Å². The third kappa shape index (κ3) is 4.15. The first kappa shape index (κ1) is 20.7. The largest absolute Gasteiger partial charge is 0.485 e. The summed E-state index contributed by atoms with van der Waals surface area (Å²) in [7, 11) is -2.12. The minimum Gasteiger partial charge on any atom is -0.485 e. The van der Waals surface area contributed by atoms with E-state index in [0.717, 1.165) is 32.1 Å². The fraction of sp³-hybridized carbons (Fsp3) is 0.409. The average Bonchev–Trinajstić information content (AvgIpc) is 2.79. The summed E-state index contributed by atoms with van der Waals surface area (Å²) in [6, 6.07) is 13.6. The van der Waals surface area contributed by atoms with Crippen molar-refractivity contribution in [2.75, 3.05) is 19.0 Å². The van der Waals surface area contributed by atoms with Gasteiger partial charge in [0.2, 0.25) is 16.1 Å². The molecule has 1 fully saturated rings. The highest BCUT2D eigenvalue weighted by molar-refractivity contribution is 7.89. The second-order valence-corrected chi connectivity index (χ2v) is 9.63. The Balaban J connectivity index is 1.53. The highest BCUT2D eigenvalue weighted by atomic mass is 32.2. The van der Waals surface area contributed by atoms with Crippen molar-refractivity contribution in [1.82, 2.24) is 4.31 Å². The Morgan fingerprint density at radius 3 is 2.43 bits per heavy atom. The zero-order chi connectivity index (χ0) is 21.1.